The minimum absolute atomic E-state index is 0.0439. The highest BCUT2D eigenvalue weighted by molar-refractivity contribution is 5.77. The van der Waals surface area contributed by atoms with Crippen molar-refractivity contribution >= 4 is 5.91 Å². The van der Waals surface area contributed by atoms with Gasteiger partial charge in [-0.25, -0.2) is 0 Å². The fourth-order valence-corrected chi connectivity index (χ4v) is 2.36. The predicted molar refractivity (Wildman–Crippen MR) is 69.3 cm³/mol. The van der Waals surface area contributed by atoms with E-state index in [2.05, 4.69) is 17.2 Å². The molecule has 2 atom stereocenters. The van der Waals surface area contributed by atoms with Gasteiger partial charge in [-0.2, -0.15) is 0 Å². The lowest BCUT2D eigenvalue weighted by Crippen LogP contribution is -2.43. The van der Waals surface area contributed by atoms with E-state index < -0.39 is 0 Å². The van der Waals surface area contributed by atoms with Crippen LogP contribution in [0.25, 0.3) is 0 Å². The van der Waals surface area contributed by atoms with Crippen molar-refractivity contribution < 1.29 is 9.53 Å². The summed E-state index contributed by atoms with van der Waals surface area (Å²) in [5.74, 6) is 1.16. The second kappa shape index (κ2) is 6.38. The molecule has 1 aliphatic carbocycles. The molecule has 4 nitrogen and oxygen atoms in total. The molecule has 1 N–H and O–H groups in total. The van der Waals surface area contributed by atoms with Crippen molar-refractivity contribution in [2.45, 2.75) is 38.6 Å². The van der Waals surface area contributed by atoms with Crippen LogP contribution in [0, 0.1) is 5.92 Å². The average molecular weight is 248 g/mol. The zero-order valence-electron chi connectivity index (χ0n) is 10.8. The van der Waals surface area contributed by atoms with Gasteiger partial charge in [0, 0.05) is 12.2 Å². The first-order valence-corrected chi connectivity index (χ1v) is 6.58. The molecule has 0 aliphatic heterocycles. The quantitative estimate of drug-likeness (QED) is 0.888. The standard InChI is InChI=1S/C14H20N2O2/c1-11-5-2-3-7-13(11)16-14(17)10-18-12-6-4-8-15-9-12/h4,6,8-9,11,13H,2-3,5,7,10H2,1H3,(H,16,17). The third kappa shape index (κ3) is 3.72. The maximum atomic E-state index is 11.8. The highest BCUT2D eigenvalue weighted by Crippen LogP contribution is 2.23. The number of aromatic nitrogens is 1. The highest BCUT2D eigenvalue weighted by atomic mass is 16.5. The van der Waals surface area contributed by atoms with Gasteiger partial charge in [0.2, 0.25) is 0 Å². The van der Waals surface area contributed by atoms with Crippen LogP contribution in [0.5, 0.6) is 5.75 Å². The van der Waals surface area contributed by atoms with Gasteiger partial charge in [-0.3, -0.25) is 9.78 Å². The molecule has 2 unspecified atom stereocenters. The van der Waals surface area contributed by atoms with Crippen molar-refractivity contribution in [2.75, 3.05) is 6.61 Å². The van der Waals surface area contributed by atoms with E-state index in [4.69, 9.17) is 4.74 Å². The molecule has 1 fully saturated rings. The molecule has 0 bridgehead atoms. The molecule has 1 saturated carbocycles. The Hall–Kier alpha value is -1.58. The summed E-state index contributed by atoms with van der Waals surface area (Å²) in [6.07, 6.45) is 8.06. The van der Waals surface area contributed by atoms with Crippen LogP contribution in [0.4, 0.5) is 0 Å². The number of hydrogen-bond donors (Lipinski definition) is 1. The summed E-state index contributed by atoms with van der Waals surface area (Å²) in [6.45, 7) is 2.26. The van der Waals surface area contributed by atoms with Crippen molar-refractivity contribution in [3.05, 3.63) is 24.5 Å². The normalized spacial score (nSPS) is 23.4. The van der Waals surface area contributed by atoms with E-state index in [0.717, 1.165) is 6.42 Å². The number of pyridine rings is 1. The van der Waals surface area contributed by atoms with Gasteiger partial charge in [0.1, 0.15) is 5.75 Å². The Kier molecular flexibility index (Phi) is 4.56. The topological polar surface area (TPSA) is 51.2 Å². The van der Waals surface area contributed by atoms with Crippen LogP contribution in [0.15, 0.2) is 24.5 Å². The Bertz CT molecular complexity index is 381. The summed E-state index contributed by atoms with van der Waals surface area (Å²) in [5, 5.41) is 3.05. The van der Waals surface area contributed by atoms with Gasteiger partial charge in [0.05, 0.1) is 6.20 Å². The Labute approximate surface area is 108 Å². The largest absolute Gasteiger partial charge is 0.482 e. The van der Waals surface area contributed by atoms with E-state index in [1.54, 1.807) is 24.5 Å². The van der Waals surface area contributed by atoms with E-state index in [1.165, 1.54) is 19.3 Å². The fourth-order valence-electron chi connectivity index (χ4n) is 2.36. The summed E-state index contributed by atoms with van der Waals surface area (Å²) in [4.78, 5) is 15.7. The third-order valence-electron chi connectivity index (χ3n) is 3.46. The third-order valence-corrected chi connectivity index (χ3v) is 3.46. The Morgan fingerprint density at radius 3 is 3.06 bits per heavy atom. The number of carbonyl (C=O) groups is 1. The molecule has 1 amide bonds. The molecule has 2 rings (SSSR count). The summed E-state index contributed by atoms with van der Waals surface area (Å²) >= 11 is 0. The first-order valence-electron chi connectivity index (χ1n) is 6.58. The van der Waals surface area contributed by atoms with Crippen LogP contribution in [0.1, 0.15) is 32.6 Å². The van der Waals surface area contributed by atoms with Gasteiger partial charge >= 0.3 is 0 Å². The van der Waals surface area contributed by atoms with E-state index in [-0.39, 0.29) is 12.5 Å². The molecule has 1 aromatic rings. The second-order valence-corrected chi connectivity index (χ2v) is 4.91. The molecule has 0 radical (unpaired) electrons. The zero-order valence-corrected chi connectivity index (χ0v) is 10.8. The van der Waals surface area contributed by atoms with Crippen LogP contribution >= 0.6 is 0 Å². The molecule has 1 aromatic heterocycles. The van der Waals surface area contributed by atoms with Crippen LogP contribution < -0.4 is 10.1 Å². The van der Waals surface area contributed by atoms with Gasteiger partial charge in [0.15, 0.2) is 6.61 Å². The first-order chi connectivity index (χ1) is 8.75. The van der Waals surface area contributed by atoms with Crippen LogP contribution in [0.3, 0.4) is 0 Å². The summed E-state index contributed by atoms with van der Waals surface area (Å²) in [6, 6.07) is 3.89. The number of hydrogen-bond acceptors (Lipinski definition) is 3. The van der Waals surface area contributed by atoms with Gasteiger partial charge in [-0.1, -0.05) is 19.8 Å². The Morgan fingerprint density at radius 2 is 2.33 bits per heavy atom. The lowest BCUT2D eigenvalue weighted by molar-refractivity contribution is -0.124. The van der Waals surface area contributed by atoms with Crippen molar-refractivity contribution in [1.29, 1.82) is 0 Å². The van der Waals surface area contributed by atoms with E-state index >= 15 is 0 Å². The molecule has 18 heavy (non-hydrogen) atoms. The Balaban J connectivity index is 1.75. The molecular weight excluding hydrogens is 228 g/mol. The predicted octanol–water partition coefficient (Wildman–Crippen LogP) is 2.16. The van der Waals surface area contributed by atoms with E-state index in [0.29, 0.717) is 17.7 Å². The SMILES string of the molecule is CC1CCCCC1NC(=O)COc1cccnc1. The number of ether oxygens (including phenoxy) is 1. The smallest absolute Gasteiger partial charge is 0.258 e. The van der Waals surface area contributed by atoms with Crippen molar-refractivity contribution in [2.24, 2.45) is 5.92 Å². The number of carbonyl (C=O) groups excluding carboxylic acids is 1. The molecule has 0 aromatic carbocycles. The first kappa shape index (κ1) is 12.9. The number of nitrogens with one attached hydrogen (secondary N) is 1. The average Bonchev–Trinajstić information content (AvgIpc) is 2.40. The number of nitrogens with zero attached hydrogens (tertiary/aromatic N) is 1. The Morgan fingerprint density at radius 1 is 1.50 bits per heavy atom. The van der Waals surface area contributed by atoms with Crippen molar-refractivity contribution in [3.63, 3.8) is 0 Å². The fraction of sp³-hybridized carbons (Fsp3) is 0.571. The summed E-state index contributed by atoms with van der Waals surface area (Å²) in [5.41, 5.74) is 0. The maximum absolute atomic E-state index is 11.8. The molecular formula is C14H20N2O2. The van der Waals surface area contributed by atoms with Crippen molar-refractivity contribution in [3.8, 4) is 5.75 Å². The molecule has 0 spiro atoms. The lowest BCUT2D eigenvalue weighted by atomic mass is 9.86. The molecule has 1 aliphatic rings. The number of rotatable bonds is 4. The molecule has 0 saturated heterocycles. The van der Waals surface area contributed by atoms with Gasteiger partial charge < -0.3 is 10.1 Å². The zero-order chi connectivity index (χ0) is 12.8. The van der Waals surface area contributed by atoms with Gasteiger partial charge in [-0.05, 0) is 30.9 Å². The lowest BCUT2D eigenvalue weighted by Gasteiger charge is -2.29. The minimum atomic E-state index is -0.0439. The highest BCUT2D eigenvalue weighted by Gasteiger charge is 2.22. The van der Waals surface area contributed by atoms with Crippen LogP contribution in [0.2, 0.25) is 0 Å². The van der Waals surface area contributed by atoms with E-state index in [9.17, 15) is 4.79 Å². The maximum Gasteiger partial charge on any atom is 0.258 e. The summed E-state index contributed by atoms with van der Waals surface area (Å²) in [7, 11) is 0. The van der Waals surface area contributed by atoms with Gasteiger partial charge in [-0.15, -0.1) is 0 Å². The molecule has 1 heterocycles. The van der Waals surface area contributed by atoms with Crippen LogP contribution in [-0.4, -0.2) is 23.5 Å². The van der Waals surface area contributed by atoms with Crippen LogP contribution in [-0.2, 0) is 4.79 Å². The monoisotopic (exact) mass is 248 g/mol. The van der Waals surface area contributed by atoms with Crippen molar-refractivity contribution in [1.82, 2.24) is 10.3 Å². The van der Waals surface area contributed by atoms with Gasteiger partial charge in [0.25, 0.3) is 5.91 Å². The van der Waals surface area contributed by atoms with E-state index in [1.807, 2.05) is 0 Å². The molecule has 4 heteroatoms. The minimum Gasteiger partial charge on any atom is -0.482 e. The molecule has 98 valence electrons. The number of amides is 1. The summed E-state index contributed by atoms with van der Waals surface area (Å²) < 4.78 is 5.37. The second-order valence-electron chi connectivity index (χ2n) is 4.91.